The number of H-pyrrole nitrogens is 1. The van der Waals surface area contributed by atoms with Gasteiger partial charge < -0.3 is 4.74 Å². The van der Waals surface area contributed by atoms with Gasteiger partial charge in [0.05, 0.1) is 10.5 Å². The molecule has 0 saturated heterocycles. The largest absolute Gasteiger partial charge is 0.455 e. The highest BCUT2D eigenvalue weighted by molar-refractivity contribution is 7.92. The number of para-hydroxylation sites is 1. The summed E-state index contributed by atoms with van der Waals surface area (Å²) in [7, 11) is -3.95. The number of rotatable bonds is 6. The van der Waals surface area contributed by atoms with Crippen LogP contribution in [0.2, 0.25) is 0 Å². The molecule has 8 nitrogen and oxygen atoms in total. The first kappa shape index (κ1) is 19.2. The van der Waals surface area contributed by atoms with Crippen molar-refractivity contribution in [2.75, 3.05) is 4.72 Å². The van der Waals surface area contributed by atoms with Crippen LogP contribution in [-0.2, 0) is 10.0 Å². The van der Waals surface area contributed by atoms with E-state index in [4.69, 9.17) is 4.74 Å². The molecule has 30 heavy (non-hydrogen) atoms. The molecule has 0 aliphatic rings. The van der Waals surface area contributed by atoms with Gasteiger partial charge in [0.2, 0.25) is 5.95 Å². The minimum absolute atomic E-state index is 0.0226. The molecule has 3 aromatic carbocycles. The SMILES string of the molecule is N#Cc1cc(S(=O)(=O)Nc2ncn[nH]2)ccc1Oc1ccccc1-c1ccccc1. The zero-order valence-electron chi connectivity index (χ0n) is 15.5. The summed E-state index contributed by atoms with van der Waals surface area (Å²) in [6.07, 6.45) is 1.18. The fourth-order valence-corrected chi connectivity index (χ4v) is 3.81. The molecule has 0 saturated carbocycles. The maximum absolute atomic E-state index is 12.5. The van der Waals surface area contributed by atoms with Crippen LogP contribution < -0.4 is 9.46 Å². The van der Waals surface area contributed by atoms with Crippen molar-refractivity contribution in [1.82, 2.24) is 15.2 Å². The Morgan fingerprint density at radius 3 is 2.47 bits per heavy atom. The van der Waals surface area contributed by atoms with Crippen molar-refractivity contribution in [1.29, 1.82) is 5.26 Å². The van der Waals surface area contributed by atoms with Crippen molar-refractivity contribution in [2.24, 2.45) is 0 Å². The van der Waals surface area contributed by atoms with E-state index in [0.717, 1.165) is 11.1 Å². The molecule has 4 rings (SSSR count). The van der Waals surface area contributed by atoms with E-state index in [0.29, 0.717) is 5.75 Å². The molecule has 2 N–H and O–H groups in total. The molecule has 4 aromatic rings. The summed E-state index contributed by atoms with van der Waals surface area (Å²) in [5.74, 6) is 0.778. The molecule has 0 spiro atoms. The van der Waals surface area contributed by atoms with Crippen LogP contribution in [0.15, 0.2) is 84.0 Å². The minimum atomic E-state index is -3.95. The lowest BCUT2D eigenvalue weighted by Gasteiger charge is -2.13. The number of aromatic nitrogens is 3. The van der Waals surface area contributed by atoms with Gasteiger partial charge in [-0.3, -0.25) is 0 Å². The van der Waals surface area contributed by atoms with Crippen molar-refractivity contribution < 1.29 is 13.2 Å². The summed E-state index contributed by atoms with van der Waals surface area (Å²) < 4.78 is 33.3. The molecule has 0 unspecified atom stereocenters. The van der Waals surface area contributed by atoms with Crippen molar-refractivity contribution >= 4 is 16.0 Å². The van der Waals surface area contributed by atoms with Crippen LogP contribution in [0.1, 0.15) is 5.56 Å². The molecule has 0 radical (unpaired) electrons. The highest BCUT2D eigenvalue weighted by atomic mass is 32.2. The van der Waals surface area contributed by atoms with Gasteiger partial charge in [0.25, 0.3) is 10.0 Å². The van der Waals surface area contributed by atoms with Gasteiger partial charge in [0, 0.05) is 5.56 Å². The Labute approximate surface area is 172 Å². The number of hydrogen-bond donors (Lipinski definition) is 2. The Morgan fingerprint density at radius 1 is 0.967 bits per heavy atom. The first-order valence-electron chi connectivity index (χ1n) is 8.81. The molecule has 9 heteroatoms. The molecule has 1 heterocycles. The molecular formula is C21H15N5O3S. The predicted octanol–water partition coefficient (Wildman–Crippen LogP) is 3.94. The van der Waals surface area contributed by atoms with Crippen molar-refractivity contribution in [3.05, 3.63) is 84.7 Å². The first-order chi connectivity index (χ1) is 14.6. The van der Waals surface area contributed by atoms with E-state index in [9.17, 15) is 13.7 Å². The third-order valence-corrected chi connectivity index (χ3v) is 5.56. The lowest BCUT2D eigenvalue weighted by Crippen LogP contribution is -2.14. The molecule has 0 aliphatic carbocycles. The number of nitrogens with zero attached hydrogens (tertiary/aromatic N) is 3. The summed E-state index contributed by atoms with van der Waals surface area (Å²) in [6.45, 7) is 0. The van der Waals surface area contributed by atoms with Gasteiger partial charge in [0.1, 0.15) is 23.9 Å². The van der Waals surface area contributed by atoms with E-state index < -0.39 is 10.0 Å². The van der Waals surface area contributed by atoms with E-state index in [-0.39, 0.29) is 22.2 Å². The molecule has 0 amide bonds. The van der Waals surface area contributed by atoms with Crippen molar-refractivity contribution in [3.63, 3.8) is 0 Å². The monoisotopic (exact) mass is 417 g/mol. The van der Waals surface area contributed by atoms with Gasteiger partial charge in [-0.1, -0.05) is 48.5 Å². The number of ether oxygens (including phenoxy) is 1. The smallest absolute Gasteiger partial charge is 0.264 e. The molecule has 1 aromatic heterocycles. The molecule has 0 fully saturated rings. The summed E-state index contributed by atoms with van der Waals surface area (Å²) in [6, 6.07) is 23.2. The minimum Gasteiger partial charge on any atom is -0.455 e. The lowest BCUT2D eigenvalue weighted by molar-refractivity contribution is 0.482. The van der Waals surface area contributed by atoms with Crippen LogP contribution in [0.5, 0.6) is 11.5 Å². The van der Waals surface area contributed by atoms with Crippen LogP contribution in [0.3, 0.4) is 0 Å². The third kappa shape index (κ3) is 3.99. The van der Waals surface area contributed by atoms with E-state index >= 15 is 0 Å². The number of nitrogens with one attached hydrogen (secondary N) is 2. The van der Waals surface area contributed by atoms with E-state index in [1.807, 2.05) is 54.6 Å². The number of benzene rings is 3. The van der Waals surface area contributed by atoms with Gasteiger partial charge in [-0.15, -0.1) is 0 Å². The predicted molar refractivity (Wildman–Crippen MR) is 110 cm³/mol. The second-order valence-corrected chi connectivity index (χ2v) is 7.86. The number of nitriles is 1. The molecule has 0 bridgehead atoms. The van der Waals surface area contributed by atoms with Crippen LogP contribution >= 0.6 is 0 Å². The van der Waals surface area contributed by atoms with E-state index in [1.54, 1.807) is 6.07 Å². The van der Waals surface area contributed by atoms with Gasteiger partial charge in [-0.2, -0.15) is 15.3 Å². The zero-order valence-corrected chi connectivity index (χ0v) is 16.3. The summed E-state index contributed by atoms with van der Waals surface area (Å²) in [5.41, 5.74) is 1.89. The Hall–Kier alpha value is -4.16. The van der Waals surface area contributed by atoms with E-state index in [1.165, 1.54) is 24.5 Å². The summed E-state index contributed by atoms with van der Waals surface area (Å²) >= 11 is 0. The van der Waals surface area contributed by atoms with Crippen molar-refractivity contribution in [2.45, 2.75) is 4.90 Å². The highest BCUT2D eigenvalue weighted by Gasteiger charge is 2.19. The summed E-state index contributed by atoms with van der Waals surface area (Å²) in [4.78, 5) is 3.64. The average molecular weight is 417 g/mol. The molecule has 0 aliphatic heterocycles. The van der Waals surface area contributed by atoms with Gasteiger partial charge >= 0.3 is 0 Å². The normalized spacial score (nSPS) is 10.9. The first-order valence-corrected chi connectivity index (χ1v) is 10.3. The summed E-state index contributed by atoms with van der Waals surface area (Å²) in [5, 5.41) is 15.6. The maximum Gasteiger partial charge on any atom is 0.264 e. The van der Waals surface area contributed by atoms with Gasteiger partial charge in [0.15, 0.2) is 0 Å². The van der Waals surface area contributed by atoms with Crippen LogP contribution in [0.25, 0.3) is 11.1 Å². The zero-order chi connectivity index (χ0) is 21.0. The Morgan fingerprint density at radius 2 is 1.73 bits per heavy atom. The average Bonchev–Trinajstić information content (AvgIpc) is 3.27. The number of hydrogen-bond acceptors (Lipinski definition) is 6. The lowest BCUT2D eigenvalue weighted by atomic mass is 10.0. The van der Waals surface area contributed by atoms with E-state index in [2.05, 4.69) is 19.9 Å². The quantitative estimate of drug-likeness (QED) is 0.490. The maximum atomic E-state index is 12.5. The molecular weight excluding hydrogens is 402 g/mol. The highest BCUT2D eigenvalue weighted by Crippen LogP contribution is 2.35. The Balaban J connectivity index is 1.67. The molecule has 148 valence electrons. The van der Waals surface area contributed by atoms with Gasteiger partial charge in [-0.05, 0) is 29.8 Å². The Kier molecular flexibility index (Phi) is 5.15. The topological polar surface area (TPSA) is 121 Å². The number of aromatic amines is 1. The van der Waals surface area contributed by atoms with Crippen molar-refractivity contribution in [3.8, 4) is 28.7 Å². The van der Waals surface area contributed by atoms with Crippen LogP contribution in [0, 0.1) is 11.3 Å². The number of anilines is 1. The fraction of sp³-hybridized carbons (Fsp3) is 0. The van der Waals surface area contributed by atoms with Crippen LogP contribution in [0.4, 0.5) is 5.95 Å². The number of sulfonamides is 1. The fourth-order valence-electron chi connectivity index (χ4n) is 2.82. The standard InChI is InChI=1S/C21H15N5O3S/c22-13-16-12-17(30(27,28)26-21-23-14-24-25-21)10-11-19(16)29-20-9-5-4-8-18(20)15-6-2-1-3-7-15/h1-12,14H,(H2,23,24,25,26). The molecule has 0 atom stereocenters. The second-order valence-electron chi connectivity index (χ2n) is 6.17. The van der Waals surface area contributed by atoms with Crippen LogP contribution in [-0.4, -0.2) is 23.6 Å². The van der Waals surface area contributed by atoms with Gasteiger partial charge in [-0.25, -0.2) is 18.2 Å². The second kappa shape index (κ2) is 8.06. The third-order valence-electron chi connectivity index (χ3n) is 4.22. The Bertz CT molecular complexity index is 1310.